The van der Waals surface area contributed by atoms with Crippen molar-refractivity contribution < 1.29 is 9.47 Å². The molecule has 0 saturated carbocycles. The van der Waals surface area contributed by atoms with Crippen molar-refractivity contribution in [3.63, 3.8) is 0 Å². The SMILES string of the molecule is CCc1ccc(C(NN)c2ccc(OC)c(OC)c2)s1. The van der Waals surface area contributed by atoms with Crippen LogP contribution in [0.2, 0.25) is 0 Å². The maximum Gasteiger partial charge on any atom is 0.161 e. The minimum atomic E-state index is -0.0416. The summed E-state index contributed by atoms with van der Waals surface area (Å²) in [5.74, 6) is 7.16. The Hall–Kier alpha value is -1.56. The highest BCUT2D eigenvalue weighted by Gasteiger charge is 2.16. The van der Waals surface area contributed by atoms with E-state index in [2.05, 4.69) is 24.5 Å². The number of aryl methyl sites for hydroxylation is 1. The van der Waals surface area contributed by atoms with Crippen LogP contribution in [0.15, 0.2) is 30.3 Å². The monoisotopic (exact) mass is 292 g/mol. The number of nitrogens with two attached hydrogens (primary N) is 1. The fourth-order valence-electron chi connectivity index (χ4n) is 2.11. The molecule has 4 nitrogen and oxygen atoms in total. The largest absolute Gasteiger partial charge is 0.493 e. The zero-order valence-corrected chi connectivity index (χ0v) is 12.8. The summed E-state index contributed by atoms with van der Waals surface area (Å²) in [4.78, 5) is 2.54. The third-order valence-corrected chi connectivity index (χ3v) is 4.52. The first kappa shape index (κ1) is 14.8. The maximum absolute atomic E-state index is 5.73. The van der Waals surface area contributed by atoms with Crippen LogP contribution in [0.4, 0.5) is 0 Å². The summed E-state index contributed by atoms with van der Waals surface area (Å²) >= 11 is 1.77. The molecule has 2 aromatic rings. The van der Waals surface area contributed by atoms with Crippen LogP contribution in [-0.2, 0) is 6.42 Å². The van der Waals surface area contributed by atoms with E-state index in [-0.39, 0.29) is 6.04 Å². The van der Waals surface area contributed by atoms with Crippen molar-refractivity contribution in [1.82, 2.24) is 5.43 Å². The highest BCUT2D eigenvalue weighted by Crippen LogP contribution is 2.34. The second kappa shape index (κ2) is 6.74. The number of hydrogen-bond donors (Lipinski definition) is 2. The molecule has 0 aliphatic rings. The molecule has 0 bridgehead atoms. The third kappa shape index (κ3) is 2.95. The first-order valence-corrected chi connectivity index (χ1v) is 7.31. The molecule has 0 radical (unpaired) electrons. The number of nitrogens with one attached hydrogen (secondary N) is 1. The van der Waals surface area contributed by atoms with Crippen LogP contribution in [0.25, 0.3) is 0 Å². The number of hydrogen-bond acceptors (Lipinski definition) is 5. The Morgan fingerprint density at radius 3 is 2.45 bits per heavy atom. The van der Waals surface area contributed by atoms with Crippen molar-refractivity contribution in [2.75, 3.05) is 14.2 Å². The van der Waals surface area contributed by atoms with Gasteiger partial charge in [0.2, 0.25) is 0 Å². The van der Waals surface area contributed by atoms with E-state index in [1.165, 1.54) is 9.75 Å². The molecule has 1 atom stereocenters. The smallest absolute Gasteiger partial charge is 0.161 e. The van der Waals surface area contributed by atoms with Crippen molar-refractivity contribution in [1.29, 1.82) is 0 Å². The van der Waals surface area contributed by atoms with E-state index < -0.39 is 0 Å². The summed E-state index contributed by atoms with van der Waals surface area (Å²) in [5.41, 5.74) is 3.93. The van der Waals surface area contributed by atoms with Crippen LogP contribution >= 0.6 is 11.3 Å². The zero-order valence-electron chi connectivity index (χ0n) is 12.0. The molecule has 0 aliphatic carbocycles. The van der Waals surface area contributed by atoms with Crippen molar-refractivity contribution >= 4 is 11.3 Å². The molecule has 0 spiro atoms. The number of methoxy groups -OCH3 is 2. The van der Waals surface area contributed by atoms with Gasteiger partial charge in [0.05, 0.1) is 20.3 Å². The Labute approximate surface area is 123 Å². The first-order chi connectivity index (χ1) is 9.73. The van der Waals surface area contributed by atoms with E-state index in [1.807, 2.05) is 18.2 Å². The molecule has 0 amide bonds. The van der Waals surface area contributed by atoms with Gasteiger partial charge in [-0.25, -0.2) is 5.43 Å². The molecule has 0 fully saturated rings. The molecule has 3 N–H and O–H groups in total. The second-order valence-corrected chi connectivity index (χ2v) is 5.57. The maximum atomic E-state index is 5.73. The number of benzene rings is 1. The summed E-state index contributed by atoms with van der Waals surface area (Å²) < 4.78 is 10.6. The molecule has 1 aromatic carbocycles. The average molecular weight is 292 g/mol. The normalized spacial score (nSPS) is 12.2. The van der Waals surface area contributed by atoms with Gasteiger partial charge in [-0.3, -0.25) is 5.84 Å². The molecular weight excluding hydrogens is 272 g/mol. The van der Waals surface area contributed by atoms with Crippen molar-refractivity contribution in [2.24, 2.45) is 5.84 Å². The molecule has 1 unspecified atom stereocenters. The Kier molecular flexibility index (Phi) is 5.00. The van der Waals surface area contributed by atoms with Gasteiger partial charge < -0.3 is 9.47 Å². The predicted molar refractivity (Wildman–Crippen MR) is 82.4 cm³/mol. The van der Waals surface area contributed by atoms with Gasteiger partial charge in [0.15, 0.2) is 11.5 Å². The fraction of sp³-hybridized carbons (Fsp3) is 0.333. The molecule has 108 valence electrons. The summed E-state index contributed by atoms with van der Waals surface area (Å²) in [6, 6.07) is 10.1. The summed E-state index contributed by atoms with van der Waals surface area (Å²) in [7, 11) is 3.26. The third-order valence-electron chi connectivity index (χ3n) is 3.22. The van der Waals surface area contributed by atoms with Crippen LogP contribution in [0.3, 0.4) is 0 Å². The van der Waals surface area contributed by atoms with E-state index in [0.717, 1.165) is 12.0 Å². The Morgan fingerprint density at radius 1 is 1.15 bits per heavy atom. The summed E-state index contributed by atoms with van der Waals surface area (Å²) in [6.45, 7) is 2.15. The van der Waals surface area contributed by atoms with Crippen molar-refractivity contribution in [3.8, 4) is 11.5 Å². The Morgan fingerprint density at radius 2 is 1.90 bits per heavy atom. The van der Waals surface area contributed by atoms with Gasteiger partial charge in [0.25, 0.3) is 0 Å². The van der Waals surface area contributed by atoms with Gasteiger partial charge in [-0.05, 0) is 36.2 Å². The molecule has 0 saturated heterocycles. The van der Waals surface area contributed by atoms with Gasteiger partial charge in [0, 0.05) is 9.75 Å². The minimum Gasteiger partial charge on any atom is -0.493 e. The van der Waals surface area contributed by atoms with Gasteiger partial charge in [-0.1, -0.05) is 13.0 Å². The standard InChI is InChI=1S/C15H20N2O2S/c1-4-11-6-8-14(20-11)15(17-16)10-5-7-12(18-2)13(9-10)19-3/h5-9,15,17H,4,16H2,1-3H3. The first-order valence-electron chi connectivity index (χ1n) is 6.50. The fourth-order valence-corrected chi connectivity index (χ4v) is 3.16. The quantitative estimate of drug-likeness (QED) is 0.635. The van der Waals surface area contributed by atoms with E-state index in [1.54, 1.807) is 25.6 Å². The van der Waals surface area contributed by atoms with Gasteiger partial charge >= 0.3 is 0 Å². The summed E-state index contributed by atoms with van der Waals surface area (Å²) in [6.07, 6.45) is 1.04. The van der Waals surface area contributed by atoms with E-state index in [4.69, 9.17) is 15.3 Å². The second-order valence-electron chi connectivity index (χ2n) is 4.37. The molecule has 2 rings (SSSR count). The Bertz CT molecular complexity index is 569. The molecule has 0 aliphatic heterocycles. The van der Waals surface area contributed by atoms with E-state index >= 15 is 0 Å². The summed E-state index contributed by atoms with van der Waals surface area (Å²) in [5, 5.41) is 0. The van der Waals surface area contributed by atoms with E-state index in [9.17, 15) is 0 Å². The minimum absolute atomic E-state index is 0.0416. The zero-order chi connectivity index (χ0) is 14.5. The number of thiophene rings is 1. The molecule has 20 heavy (non-hydrogen) atoms. The topological polar surface area (TPSA) is 56.5 Å². The number of rotatable bonds is 6. The number of ether oxygens (including phenoxy) is 2. The molecular formula is C15H20N2O2S. The van der Waals surface area contributed by atoms with Gasteiger partial charge in [-0.2, -0.15) is 0 Å². The van der Waals surface area contributed by atoms with Crippen molar-refractivity contribution in [2.45, 2.75) is 19.4 Å². The van der Waals surface area contributed by atoms with Crippen LogP contribution < -0.4 is 20.7 Å². The lowest BCUT2D eigenvalue weighted by Gasteiger charge is -2.17. The molecule has 1 aromatic heterocycles. The Balaban J connectivity index is 2.36. The van der Waals surface area contributed by atoms with Gasteiger partial charge in [-0.15, -0.1) is 11.3 Å². The van der Waals surface area contributed by atoms with Crippen LogP contribution in [-0.4, -0.2) is 14.2 Å². The van der Waals surface area contributed by atoms with Crippen molar-refractivity contribution in [3.05, 3.63) is 45.6 Å². The lowest BCUT2D eigenvalue weighted by Crippen LogP contribution is -2.28. The number of hydrazine groups is 1. The van der Waals surface area contributed by atoms with Gasteiger partial charge in [0.1, 0.15) is 0 Å². The lowest BCUT2D eigenvalue weighted by molar-refractivity contribution is 0.354. The van der Waals surface area contributed by atoms with Crippen LogP contribution in [0.1, 0.15) is 28.3 Å². The predicted octanol–water partition coefficient (Wildman–Crippen LogP) is 2.88. The molecule has 1 heterocycles. The highest BCUT2D eigenvalue weighted by atomic mass is 32.1. The molecule has 5 heteroatoms. The van der Waals surface area contributed by atoms with E-state index in [0.29, 0.717) is 11.5 Å². The van der Waals surface area contributed by atoms with Crippen LogP contribution in [0.5, 0.6) is 11.5 Å². The lowest BCUT2D eigenvalue weighted by atomic mass is 10.1. The average Bonchev–Trinajstić information content (AvgIpc) is 2.96. The highest BCUT2D eigenvalue weighted by molar-refractivity contribution is 7.12. The van der Waals surface area contributed by atoms with Crippen LogP contribution in [0, 0.1) is 0 Å².